The van der Waals surface area contributed by atoms with Crippen LogP contribution in [0.3, 0.4) is 0 Å². The number of nitrogens with zero attached hydrogens (tertiary/aromatic N) is 2. The number of rotatable bonds is 3. The number of hydrogen-bond donors (Lipinski definition) is 2. The Morgan fingerprint density at radius 1 is 1.40 bits per heavy atom. The van der Waals surface area contributed by atoms with Crippen molar-refractivity contribution in [3.8, 4) is 0 Å². The van der Waals surface area contributed by atoms with Crippen LogP contribution >= 0.6 is 0 Å². The number of ether oxygens (including phenoxy) is 1. The van der Waals surface area contributed by atoms with Gasteiger partial charge in [0, 0.05) is 19.6 Å². The van der Waals surface area contributed by atoms with E-state index in [9.17, 15) is 19.5 Å². The molecule has 2 aliphatic heterocycles. The maximum atomic E-state index is 12.4. The van der Waals surface area contributed by atoms with Crippen molar-refractivity contribution in [1.82, 2.24) is 15.1 Å². The number of piperazine rings is 1. The molecule has 112 valence electrons. The van der Waals surface area contributed by atoms with Crippen molar-refractivity contribution in [3.63, 3.8) is 0 Å². The molecule has 2 heterocycles. The molecule has 2 atom stereocenters. The Bertz CT molecular complexity index is 408. The van der Waals surface area contributed by atoms with Crippen LogP contribution in [-0.2, 0) is 19.1 Å². The SMILES string of the molecule is CC(C(=O)N1CCOCC1)N1CC(=O)NCC1C(=O)O. The first kappa shape index (κ1) is 14.7. The first-order valence-corrected chi connectivity index (χ1v) is 6.62. The van der Waals surface area contributed by atoms with Crippen LogP contribution < -0.4 is 5.32 Å². The van der Waals surface area contributed by atoms with E-state index in [0.717, 1.165) is 0 Å². The lowest BCUT2D eigenvalue weighted by Crippen LogP contribution is -2.63. The predicted octanol–water partition coefficient (Wildman–Crippen LogP) is -1.88. The van der Waals surface area contributed by atoms with Crippen molar-refractivity contribution in [2.45, 2.75) is 19.0 Å². The Morgan fingerprint density at radius 3 is 2.65 bits per heavy atom. The molecule has 8 nitrogen and oxygen atoms in total. The van der Waals surface area contributed by atoms with Gasteiger partial charge in [0.25, 0.3) is 0 Å². The summed E-state index contributed by atoms with van der Waals surface area (Å²) in [6, 6.07) is -1.51. The van der Waals surface area contributed by atoms with Crippen molar-refractivity contribution in [3.05, 3.63) is 0 Å². The molecule has 0 saturated carbocycles. The van der Waals surface area contributed by atoms with Crippen molar-refractivity contribution in [2.24, 2.45) is 0 Å². The van der Waals surface area contributed by atoms with Gasteiger partial charge in [-0.15, -0.1) is 0 Å². The zero-order valence-corrected chi connectivity index (χ0v) is 11.4. The molecule has 2 rings (SSSR count). The lowest BCUT2D eigenvalue weighted by Gasteiger charge is -2.39. The average Bonchev–Trinajstić information content (AvgIpc) is 2.46. The molecule has 2 unspecified atom stereocenters. The standard InChI is InChI=1S/C12H19N3O5/c1-8(11(17)14-2-4-20-5-3-14)15-7-10(16)13-6-9(15)12(18)19/h8-9H,2-7H2,1H3,(H,13,16)(H,18,19). The summed E-state index contributed by atoms with van der Waals surface area (Å²) in [7, 11) is 0. The van der Waals surface area contributed by atoms with E-state index in [1.165, 1.54) is 4.90 Å². The highest BCUT2D eigenvalue weighted by Gasteiger charge is 2.38. The highest BCUT2D eigenvalue weighted by Crippen LogP contribution is 2.13. The van der Waals surface area contributed by atoms with Crippen LogP contribution in [0.1, 0.15) is 6.92 Å². The molecular weight excluding hydrogens is 266 g/mol. The van der Waals surface area contributed by atoms with Gasteiger partial charge in [-0.2, -0.15) is 0 Å². The largest absolute Gasteiger partial charge is 0.480 e. The van der Waals surface area contributed by atoms with Gasteiger partial charge in [-0.05, 0) is 6.92 Å². The summed E-state index contributed by atoms with van der Waals surface area (Å²) in [6.07, 6.45) is 0. The maximum absolute atomic E-state index is 12.4. The second-order valence-electron chi connectivity index (χ2n) is 4.94. The van der Waals surface area contributed by atoms with Gasteiger partial charge in [0.15, 0.2) is 0 Å². The molecule has 0 radical (unpaired) electrons. The van der Waals surface area contributed by atoms with Crippen LogP contribution in [0.15, 0.2) is 0 Å². The van der Waals surface area contributed by atoms with E-state index in [1.54, 1.807) is 11.8 Å². The number of aliphatic carboxylic acids is 1. The first-order valence-electron chi connectivity index (χ1n) is 6.62. The van der Waals surface area contributed by atoms with Crippen LogP contribution in [0.2, 0.25) is 0 Å². The topological polar surface area (TPSA) is 99.2 Å². The smallest absolute Gasteiger partial charge is 0.322 e. The third-order valence-corrected chi connectivity index (χ3v) is 3.68. The molecular formula is C12H19N3O5. The second kappa shape index (κ2) is 6.19. The third kappa shape index (κ3) is 3.07. The number of carboxylic acid groups (broad SMARTS) is 1. The molecule has 2 fully saturated rings. The number of carbonyl (C=O) groups is 3. The lowest BCUT2D eigenvalue weighted by atomic mass is 10.1. The van der Waals surface area contributed by atoms with Crippen LogP contribution in [0.4, 0.5) is 0 Å². The molecule has 0 aliphatic carbocycles. The summed E-state index contributed by atoms with van der Waals surface area (Å²) in [5.41, 5.74) is 0. The molecule has 20 heavy (non-hydrogen) atoms. The molecule has 0 aromatic carbocycles. The Balaban J connectivity index is 2.07. The quantitative estimate of drug-likeness (QED) is 0.629. The number of nitrogens with one attached hydrogen (secondary N) is 1. The number of carboxylic acids is 1. The number of hydrogen-bond acceptors (Lipinski definition) is 5. The highest BCUT2D eigenvalue weighted by molar-refractivity contribution is 5.87. The molecule has 0 spiro atoms. The second-order valence-corrected chi connectivity index (χ2v) is 4.94. The summed E-state index contributed by atoms with van der Waals surface area (Å²) < 4.78 is 5.19. The van der Waals surface area contributed by atoms with E-state index in [4.69, 9.17) is 4.74 Å². The monoisotopic (exact) mass is 285 g/mol. The summed E-state index contributed by atoms with van der Waals surface area (Å²) in [6.45, 7) is 3.57. The molecule has 2 aliphatic rings. The minimum atomic E-state index is -1.04. The Kier molecular flexibility index (Phi) is 4.56. The Labute approximate surface area is 116 Å². The summed E-state index contributed by atoms with van der Waals surface area (Å²) >= 11 is 0. The first-order chi connectivity index (χ1) is 9.50. The zero-order valence-electron chi connectivity index (χ0n) is 11.4. The number of amides is 2. The van der Waals surface area contributed by atoms with Gasteiger partial charge >= 0.3 is 5.97 Å². The van der Waals surface area contributed by atoms with Crippen LogP contribution in [0.5, 0.6) is 0 Å². The summed E-state index contributed by atoms with van der Waals surface area (Å²) in [5.74, 6) is -1.45. The fourth-order valence-corrected chi connectivity index (χ4v) is 2.49. The minimum absolute atomic E-state index is 0.0227. The van der Waals surface area contributed by atoms with E-state index in [2.05, 4.69) is 5.32 Å². The minimum Gasteiger partial charge on any atom is -0.480 e. The average molecular weight is 285 g/mol. The zero-order chi connectivity index (χ0) is 14.7. The molecule has 0 aromatic heterocycles. The molecule has 0 bridgehead atoms. The van der Waals surface area contributed by atoms with Gasteiger partial charge in [-0.3, -0.25) is 19.3 Å². The van der Waals surface area contributed by atoms with E-state index < -0.39 is 18.1 Å². The van der Waals surface area contributed by atoms with Crippen molar-refractivity contribution in [2.75, 3.05) is 39.4 Å². The number of morpholine rings is 1. The lowest BCUT2D eigenvalue weighted by molar-refractivity contribution is -0.152. The van der Waals surface area contributed by atoms with Gasteiger partial charge < -0.3 is 20.1 Å². The van der Waals surface area contributed by atoms with E-state index >= 15 is 0 Å². The van der Waals surface area contributed by atoms with Gasteiger partial charge in [0.05, 0.1) is 25.8 Å². The fourth-order valence-electron chi connectivity index (χ4n) is 2.49. The van der Waals surface area contributed by atoms with E-state index in [0.29, 0.717) is 26.3 Å². The highest BCUT2D eigenvalue weighted by atomic mass is 16.5. The normalized spacial score (nSPS) is 25.9. The molecule has 2 saturated heterocycles. The Hall–Kier alpha value is -1.67. The predicted molar refractivity (Wildman–Crippen MR) is 68.0 cm³/mol. The number of carbonyl (C=O) groups excluding carboxylic acids is 2. The van der Waals surface area contributed by atoms with Crippen LogP contribution in [-0.4, -0.2) is 84.2 Å². The van der Waals surface area contributed by atoms with Crippen LogP contribution in [0.25, 0.3) is 0 Å². The van der Waals surface area contributed by atoms with Crippen LogP contribution in [0, 0.1) is 0 Å². The van der Waals surface area contributed by atoms with Gasteiger partial charge in [0.2, 0.25) is 11.8 Å². The molecule has 0 aromatic rings. The molecule has 2 N–H and O–H groups in total. The fraction of sp³-hybridized carbons (Fsp3) is 0.750. The van der Waals surface area contributed by atoms with E-state index in [1.807, 2.05) is 0 Å². The Morgan fingerprint density at radius 2 is 2.05 bits per heavy atom. The summed E-state index contributed by atoms with van der Waals surface area (Å²) in [5, 5.41) is 11.7. The summed E-state index contributed by atoms with van der Waals surface area (Å²) in [4.78, 5) is 38.2. The van der Waals surface area contributed by atoms with Crippen molar-refractivity contribution >= 4 is 17.8 Å². The third-order valence-electron chi connectivity index (χ3n) is 3.68. The van der Waals surface area contributed by atoms with E-state index in [-0.39, 0.29) is 24.9 Å². The van der Waals surface area contributed by atoms with Gasteiger partial charge in [0.1, 0.15) is 6.04 Å². The van der Waals surface area contributed by atoms with Crippen molar-refractivity contribution < 1.29 is 24.2 Å². The maximum Gasteiger partial charge on any atom is 0.322 e. The molecule has 2 amide bonds. The van der Waals surface area contributed by atoms with Gasteiger partial charge in [-0.25, -0.2) is 0 Å². The van der Waals surface area contributed by atoms with Gasteiger partial charge in [-0.1, -0.05) is 0 Å². The van der Waals surface area contributed by atoms with Crippen molar-refractivity contribution in [1.29, 1.82) is 0 Å². The molecule has 8 heteroatoms.